The molecule has 3 nitrogen and oxygen atoms in total. The van der Waals surface area contributed by atoms with Crippen LogP contribution in [0.4, 0.5) is 4.39 Å². The van der Waals surface area contributed by atoms with Crippen LogP contribution in [-0.2, 0) is 5.75 Å². The van der Waals surface area contributed by atoms with Gasteiger partial charge in [0.15, 0.2) is 5.16 Å². The Labute approximate surface area is 148 Å². The number of aromatic nitrogens is 2. The highest BCUT2D eigenvalue weighted by Crippen LogP contribution is 2.25. The summed E-state index contributed by atoms with van der Waals surface area (Å²) in [6, 6.07) is 11.5. The second-order valence-corrected chi connectivity index (χ2v) is 7.12. The maximum Gasteiger partial charge on any atom is 0.262 e. The number of rotatable bonds is 4. The second kappa shape index (κ2) is 6.95. The molecule has 124 valence electrons. The van der Waals surface area contributed by atoms with E-state index in [0.717, 1.165) is 5.56 Å². The topological polar surface area (TPSA) is 34.9 Å². The zero-order chi connectivity index (χ0) is 17.3. The van der Waals surface area contributed by atoms with Crippen molar-refractivity contribution in [3.05, 3.63) is 69.2 Å². The first-order chi connectivity index (χ1) is 11.5. The third-order valence-corrected chi connectivity index (χ3v) is 4.86. The van der Waals surface area contributed by atoms with Crippen molar-refractivity contribution in [1.82, 2.24) is 9.55 Å². The van der Waals surface area contributed by atoms with Crippen LogP contribution in [0.2, 0.25) is 5.02 Å². The average molecular weight is 363 g/mol. The number of hydrogen-bond donors (Lipinski definition) is 0. The lowest BCUT2D eigenvalue weighted by Gasteiger charge is -2.16. The predicted molar refractivity (Wildman–Crippen MR) is 97.4 cm³/mol. The summed E-state index contributed by atoms with van der Waals surface area (Å²) in [4.78, 5) is 17.4. The summed E-state index contributed by atoms with van der Waals surface area (Å²) in [7, 11) is 0. The fourth-order valence-electron chi connectivity index (χ4n) is 2.48. The van der Waals surface area contributed by atoms with E-state index < -0.39 is 0 Å². The normalized spacial score (nSPS) is 11.4. The van der Waals surface area contributed by atoms with Gasteiger partial charge in [0.25, 0.3) is 5.56 Å². The largest absolute Gasteiger partial charge is 0.285 e. The van der Waals surface area contributed by atoms with Gasteiger partial charge < -0.3 is 0 Å². The van der Waals surface area contributed by atoms with Gasteiger partial charge in [0.1, 0.15) is 5.82 Å². The van der Waals surface area contributed by atoms with Gasteiger partial charge in [-0.3, -0.25) is 9.36 Å². The van der Waals surface area contributed by atoms with Crippen molar-refractivity contribution in [3.63, 3.8) is 0 Å². The van der Waals surface area contributed by atoms with E-state index in [-0.39, 0.29) is 17.4 Å². The molecule has 0 aliphatic rings. The van der Waals surface area contributed by atoms with Crippen LogP contribution < -0.4 is 5.56 Å². The number of benzene rings is 2. The van der Waals surface area contributed by atoms with E-state index >= 15 is 0 Å². The molecule has 0 aliphatic heterocycles. The summed E-state index contributed by atoms with van der Waals surface area (Å²) in [5, 5.41) is 1.69. The molecule has 0 spiro atoms. The molecule has 0 N–H and O–H groups in total. The van der Waals surface area contributed by atoms with E-state index in [2.05, 4.69) is 4.98 Å². The number of hydrogen-bond acceptors (Lipinski definition) is 3. The molecule has 0 fully saturated rings. The molecule has 0 saturated heterocycles. The molecule has 0 aliphatic carbocycles. The van der Waals surface area contributed by atoms with E-state index in [4.69, 9.17) is 11.6 Å². The van der Waals surface area contributed by atoms with Crippen molar-refractivity contribution in [2.45, 2.75) is 30.8 Å². The molecule has 2 aromatic carbocycles. The lowest BCUT2D eigenvalue weighted by atomic mass is 10.2. The van der Waals surface area contributed by atoms with Crippen LogP contribution in [0, 0.1) is 5.82 Å². The Morgan fingerprint density at radius 1 is 1.25 bits per heavy atom. The van der Waals surface area contributed by atoms with Gasteiger partial charge in [0.2, 0.25) is 0 Å². The summed E-state index contributed by atoms with van der Waals surface area (Å²) in [6.07, 6.45) is 0. The van der Waals surface area contributed by atoms with Crippen molar-refractivity contribution < 1.29 is 4.39 Å². The molecule has 6 heteroatoms. The lowest BCUT2D eigenvalue weighted by Crippen LogP contribution is -2.25. The van der Waals surface area contributed by atoms with E-state index in [1.165, 1.54) is 23.9 Å². The highest BCUT2D eigenvalue weighted by molar-refractivity contribution is 7.98. The zero-order valence-corrected chi connectivity index (χ0v) is 14.9. The van der Waals surface area contributed by atoms with Crippen LogP contribution in [-0.4, -0.2) is 9.55 Å². The standard InChI is InChI=1S/C18H16ClFN2OS/c1-11(2)22-17(23)15-7-6-13(19)9-16(15)21-18(22)24-10-12-4-3-5-14(20)8-12/h3-9,11H,10H2,1-2H3. The molecule has 0 bridgehead atoms. The van der Waals surface area contributed by atoms with Crippen LogP contribution in [0.1, 0.15) is 25.5 Å². The molecule has 0 radical (unpaired) electrons. The molecule has 3 rings (SSSR count). The molecule has 1 heterocycles. The molecular formula is C18H16ClFN2OS. The number of fused-ring (bicyclic) bond motifs is 1. The maximum absolute atomic E-state index is 13.3. The zero-order valence-electron chi connectivity index (χ0n) is 13.3. The Morgan fingerprint density at radius 2 is 2.04 bits per heavy atom. The first-order valence-corrected chi connectivity index (χ1v) is 8.91. The van der Waals surface area contributed by atoms with Crippen molar-refractivity contribution in [3.8, 4) is 0 Å². The Hall–Kier alpha value is -1.85. The summed E-state index contributed by atoms with van der Waals surface area (Å²) < 4.78 is 15.0. The fraction of sp³-hybridized carbons (Fsp3) is 0.222. The summed E-state index contributed by atoms with van der Waals surface area (Å²) in [5.41, 5.74) is 1.33. The van der Waals surface area contributed by atoms with Crippen molar-refractivity contribution >= 4 is 34.3 Å². The van der Waals surface area contributed by atoms with Crippen LogP contribution in [0.25, 0.3) is 10.9 Å². The molecule has 0 atom stereocenters. The quantitative estimate of drug-likeness (QED) is 0.480. The van der Waals surface area contributed by atoms with Gasteiger partial charge in [0, 0.05) is 16.8 Å². The average Bonchev–Trinajstić information content (AvgIpc) is 2.52. The Kier molecular flexibility index (Phi) is 4.92. The molecule has 0 saturated carbocycles. The van der Waals surface area contributed by atoms with Crippen LogP contribution in [0.3, 0.4) is 0 Å². The smallest absolute Gasteiger partial charge is 0.262 e. The molecular weight excluding hydrogens is 347 g/mol. The third-order valence-electron chi connectivity index (χ3n) is 3.60. The first-order valence-electron chi connectivity index (χ1n) is 7.55. The number of nitrogens with zero attached hydrogens (tertiary/aromatic N) is 2. The predicted octanol–water partition coefficient (Wildman–Crippen LogP) is 5.06. The Morgan fingerprint density at radius 3 is 2.75 bits per heavy atom. The van der Waals surface area contributed by atoms with E-state index in [9.17, 15) is 9.18 Å². The van der Waals surface area contributed by atoms with Crippen LogP contribution >= 0.6 is 23.4 Å². The second-order valence-electron chi connectivity index (χ2n) is 5.74. The van der Waals surface area contributed by atoms with Gasteiger partial charge in [-0.05, 0) is 49.7 Å². The molecule has 1 aromatic heterocycles. The van der Waals surface area contributed by atoms with Crippen molar-refractivity contribution in [1.29, 1.82) is 0 Å². The molecule has 3 aromatic rings. The van der Waals surface area contributed by atoms with Crippen molar-refractivity contribution in [2.24, 2.45) is 0 Å². The summed E-state index contributed by atoms with van der Waals surface area (Å²) in [5.74, 6) is 0.260. The highest BCUT2D eigenvalue weighted by Gasteiger charge is 2.14. The molecule has 0 unspecified atom stereocenters. The Balaban J connectivity index is 2.05. The van der Waals surface area contributed by atoms with Crippen molar-refractivity contribution in [2.75, 3.05) is 0 Å². The Bertz CT molecular complexity index is 955. The molecule has 0 amide bonds. The number of halogens is 2. The van der Waals surface area contributed by atoms with Crippen LogP contribution in [0.15, 0.2) is 52.4 Å². The van der Waals surface area contributed by atoms with Gasteiger partial charge >= 0.3 is 0 Å². The summed E-state index contributed by atoms with van der Waals surface area (Å²) >= 11 is 7.43. The highest BCUT2D eigenvalue weighted by atomic mass is 35.5. The lowest BCUT2D eigenvalue weighted by molar-refractivity contribution is 0.519. The first kappa shape index (κ1) is 17.0. The number of thioether (sulfide) groups is 1. The van der Waals surface area contributed by atoms with Gasteiger partial charge in [-0.1, -0.05) is 35.5 Å². The van der Waals surface area contributed by atoms with Gasteiger partial charge in [0.05, 0.1) is 10.9 Å². The monoisotopic (exact) mass is 362 g/mol. The van der Waals surface area contributed by atoms with E-state index in [0.29, 0.717) is 26.8 Å². The fourth-order valence-corrected chi connectivity index (χ4v) is 3.72. The minimum Gasteiger partial charge on any atom is -0.285 e. The molecule has 24 heavy (non-hydrogen) atoms. The van der Waals surface area contributed by atoms with Gasteiger partial charge in [-0.15, -0.1) is 0 Å². The van der Waals surface area contributed by atoms with Crippen LogP contribution in [0.5, 0.6) is 0 Å². The SMILES string of the molecule is CC(C)n1c(SCc2cccc(F)c2)nc2cc(Cl)ccc2c1=O. The maximum atomic E-state index is 13.3. The van der Waals surface area contributed by atoms with E-state index in [1.54, 1.807) is 28.8 Å². The minimum absolute atomic E-state index is 0.0277. The third kappa shape index (κ3) is 3.47. The van der Waals surface area contributed by atoms with E-state index in [1.807, 2.05) is 19.9 Å². The van der Waals surface area contributed by atoms with Gasteiger partial charge in [-0.2, -0.15) is 0 Å². The van der Waals surface area contributed by atoms with Gasteiger partial charge in [-0.25, -0.2) is 9.37 Å². The summed E-state index contributed by atoms with van der Waals surface area (Å²) in [6.45, 7) is 3.88. The minimum atomic E-state index is -0.271.